The van der Waals surface area contributed by atoms with Gasteiger partial charge in [0.15, 0.2) is 6.10 Å². The molecule has 1 unspecified atom stereocenters. The number of amides is 2. The Balaban J connectivity index is 0.00000600. The van der Waals surface area contributed by atoms with Gasteiger partial charge in [-0.3, -0.25) is 9.59 Å². The SMILES string of the molecule is CC(NC(=O)[C@H](C)N)C(=O)O[C@H](COC(=O)[C@H](C)NC(=O)[C@H](C)N)COc1ccc(-c2c(C#N)c(N)nc(SCc3coc(-c4ccc(Cl)cc4)n3)c2C#N)cc1.Cl.Cl. The van der Waals surface area contributed by atoms with Crippen molar-refractivity contribution in [1.29, 1.82) is 10.5 Å². The van der Waals surface area contributed by atoms with Gasteiger partial charge in [-0.2, -0.15) is 10.5 Å². The number of nitrogens with two attached hydrogens (primary N) is 3. The summed E-state index contributed by atoms with van der Waals surface area (Å²) in [7, 11) is 0. The number of carbonyl (C=O) groups excluding carboxylic acids is 4. The molecule has 0 bridgehead atoms. The number of oxazole rings is 1. The van der Waals surface area contributed by atoms with E-state index in [1.807, 2.05) is 6.07 Å². The van der Waals surface area contributed by atoms with E-state index in [-0.39, 0.29) is 70.5 Å². The van der Waals surface area contributed by atoms with Crippen LogP contribution in [0.3, 0.4) is 0 Å². The number of halogens is 3. The zero-order valence-corrected chi connectivity index (χ0v) is 35.3. The van der Waals surface area contributed by atoms with Crippen LogP contribution in [0, 0.1) is 22.7 Å². The van der Waals surface area contributed by atoms with Crippen molar-refractivity contribution in [2.24, 2.45) is 11.5 Å². The largest absolute Gasteiger partial charge is 0.490 e. The lowest BCUT2D eigenvalue weighted by Crippen LogP contribution is -2.48. The first kappa shape index (κ1) is 49.5. The number of esters is 2. The number of hydrogen-bond acceptors (Lipinski definition) is 16. The van der Waals surface area contributed by atoms with Crippen molar-refractivity contribution >= 4 is 77.7 Å². The maximum Gasteiger partial charge on any atom is 0.328 e. The zero-order valence-electron chi connectivity index (χ0n) is 32.1. The molecule has 2 aromatic carbocycles. The average molecular weight is 891 g/mol. The summed E-state index contributed by atoms with van der Waals surface area (Å²) in [5.41, 5.74) is 19.5. The van der Waals surface area contributed by atoms with E-state index in [0.29, 0.717) is 22.2 Å². The van der Waals surface area contributed by atoms with Gasteiger partial charge in [0, 0.05) is 21.9 Å². The molecule has 0 aliphatic heterocycles. The fourth-order valence-electron chi connectivity index (χ4n) is 4.83. The Morgan fingerprint density at radius 1 is 0.831 bits per heavy atom. The molecular formula is C38H42Cl3N9O8S. The predicted octanol–water partition coefficient (Wildman–Crippen LogP) is 4.06. The second kappa shape index (κ2) is 23.1. The molecule has 5 atom stereocenters. The highest BCUT2D eigenvalue weighted by atomic mass is 35.5. The number of nitriles is 2. The first-order valence-corrected chi connectivity index (χ1v) is 18.7. The second-order valence-corrected chi connectivity index (χ2v) is 14.1. The van der Waals surface area contributed by atoms with Crippen LogP contribution in [-0.2, 0) is 34.4 Å². The smallest absolute Gasteiger partial charge is 0.328 e. The van der Waals surface area contributed by atoms with Crippen LogP contribution in [0.5, 0.6) is 5.75 Å². The second-order valence-electron chi connectivity index (χ2n) is 12.7. The lowest BCUT2D eigenvalue weighted by molar-refractivity contribution is -0.163. The summed E-state index contributed by atoms with van der Waals surface area (Å²) in [4.78, 5) is 58.3. The van der Waals surface area contributed by atoms with Crippen molar-refractivity contribution in [3.63, 3.8) is 0 Å². The van der Waals surface area contributed by atoms with Crippen molar-refractivity contribution in [3.8, 4) is 40.5 Å². The van der Waals surface area contributed by atoms with Crippen LogP contribution < -0.4 is 32.6 Å². The van der Waals surface area contributed by atoms with Gasteiger partial charge in [-0.1, -0.05) is 35.5 Å². The molecule has 17 nitrogen and oxygen atoms in total. The standard InChI is InChI=1S/C38H40ClN9O8S.2ClH/c1-19(42)33(49)45-21(3)37(51)55-17-28(56-38(52)22(4)46-34(50)20(2)43)16-53-27-11-7-23(8-12-27)31-29(13-40)32(44)48-36(30(31)14-41)57-18-26-15-54-35(47-26)24-5-9-25(39)10-6-24;;/h5-12,15,19-22,28H,16-18,42-43H2,1-4H3,(H2,44,48)(H,45,49)(H,46,50);2*1H/t19-,20-,21-,22?,28-;;/m0../s1. The first-order chi connectivity index (χ1) is 27.1. The maximum absolute atomic E-state index is 12.9. The van der Waals surface area contributed by atoms with E-state index < -0.39 is 60.6 Å². The van der Waals surface area contributed by atoms with Gasteiger partial charge in [-0.25, -0.2) is 19.6 Å². The number of pyridine rings is 1. The third-order valence-electron chi connectivity index (χ3n) is 7.94. The van der Waals surface area contributed by atoms with Crippen LogP contribution in [0.4, 0.5) is 5.82 Å². The van der Waals surface area contributed by atoms with Gasteiger partial charge in [-0.15, -0.1) is 24.8 Å². The highest BCUT2D eigenvalue weighted by Gasteiger charge is 2.27. The highest BCUT2D eigenvalue weighted by molar-refractivity contribution is 7.98. The molecule has 2 amide bonds. The Hall–Kier alpha value is -5.60. The maximum atomic E-state index is 12.9. The van der Waals surface area contributed by atoms with Gasteiger partial charge in [0.05, 0.1) is 23.3 Å². The normalized spacial score (nSPS) is 13.0. The minimum Gasteiger partial charge on any atom is -0.490 e. The van der Waals surface area contributed by atoms with Gasteiger partial charge in [-0.05, 0) is 69.7 Å². The molecule has 0 radical (unpaired) electrons. The number of thioether (sulfide) groups is 1. The van der Waals surface area contributed by atoms with Crippen LogP contribution in [-0.4, -0.2) is 77.2 Å². The van der Waals surface area contributed by atoms with Crippen molar-refractivity contribution in [3.05, 3.63) is 76.6 Å². The van der Waals surface area contributed by atoms with Gasteiger partial charge in [0.2, 0.25) is 17.7 Å². The molecule has 21 heteroatoms. The van der Waals surface area contributed by atoms with E-state index in [1.54, 1.807) is 48.5 Å². The van der Waals surface area contributed by atoms with E-state index in [4.69, 9.17) is 47.4 Å². The fourth-order valence-corrected chi connectivity index (χ4v) is 5.83. The number of benzene rings is 2. The van der Waals surface area contributed by atoms with Crippen LogP contribution in [0.25, 0.3) is 22.6 Å². The number of carbonyl (C=O) groups is 4. The number of anilines is 1. The Labute approximate surface area is 361 Å². The summed E-state index contributed by atoms with van der Waals surface area (Å²) in [5.74, 6) is -1.98. The van der Waals surface area contributed by atoms with Gasteiger partial charge in [0.1, 0.15) is 65.9 Å². The minimum atomic E-state index is -1.17. The molecule has 8 N–H and O–H groups in total. The first-order valence-electron chi connectivity index (χ1n) is 17.3. The number of hydrogen-bond donors (Lipinski definition) is 5. The number of aromatic nitrogens is 2. The molecule has 314 valence electrons. The number of rotatable bonds is 17. The van der Waals surface area contributed by atoms with E-state index >= 15 is 0 Å². The molecule has 0 spiro atoms. The number of nitrogens with zero attached hydrogens (tertiary/aromatic N) is 4. The molecule has 2 aromatic heterocycles. The molecule has 0 aliphatic carbocycles. The Kier molecular flexibility index (Phi) is 19.4. The Morgan fingerprint density at radius 2 is 1.39 bits per heavy atom. The average Bonchev–Trinajstić information content (AvgIpc) is 3.66. The van der Waals surface area contributed by atoms with E-state index in [2.05, 4.69) is 26.7 Å². The summed E-state index contributed by atoms with van der Waals surface area (Å²) >= 11 is 7.18. The van der Waals surface area contributed by atoms with Crippen molar-refractivity contribution < 1.29 is 37.8 Å². The predicted molar refractivity (Wildman–Crippen MR) is 223 cm³/mol. The number of nitrogens with one attached hydrogen (secondary N) is 2. The van der Waals surface area contributed by atoms with Crippen LogP contribution in [0.1, 0.15) is 44.5 Å². The third-order valence-corrected chi connectivity index (χ3v) is 9.20. The zero-order chi connectivity index (χ0) is 41.8. The molecule has 0 saturated carbocycles. The monoisotopic (exact) mass is 889 g/mol. The molecule has 2 heterocycles. The van der Waals surface area contributed by atoms with Crippen molar-refractivity contribution in [1.82, 2.24) is 20.6 Å². The molecule has 4 aromatic rings. The minimum absolute atomic E-state index is 0. The van der Waals surface area contributed by atoms with Crippen LogP contribution in [0.2, 0.25) is 5.02 Å². The Morgan fingerprint density at radius 3 is 1.95 bits per heavy atom. The van der Waals surface area contributed by atoms with Crippen LogP contribution >= 0.6 is 48.2 Å². The van der Waals surface area contributed by atoms with Crippen molar-refractivity contribution in [2.75, 3.05) is 18.9 Å². The topological polar surface area (TPSA) is 285 Å². The summed E-state index contributed by atoms with van der Waals surface area (Å²) in [6.07, 6.45) is 0.323. The number of ether oxygens (including phenoxy) is 3. The summed E-state index contributed by atoms with van der Waals surface area (Å²) in [6.45, 7) is 4.90. The van der Waals surface area contributed by atoms with Gasteiger partial charge >= 0.3 is 11.9 Å². The molecule has 59 heavy (non-hydrogen) atoms. The molecular weight excluding hydrogens is 849 g/mol. The van der Waals surface area contributed by atoms with Gasteiger partial charge < -0.3 is 46.5 Å². The lowest BCUT2D eigenvalue weighted by atomic mass is 9.97. The molecule has 0 aliphatic rings. The van der Waals surface area contributed by atoms with Crippen molar-refractivity contribution in [2.45, 2.75) is 68.7 Å². The summed E-state index contributed by atoms with van der Waals surface area (Å²) in [6, 6.07) is 13.6. The number of nitrogen functional groups attached to an aromatic ring is 1. The van der Waals surface area contributed by atoms with Gasteiger partial charge in [0.25, 0.3) is 0 Å². The highest BCUT2D eigenvalue weighted by Crippen LogP contribution is 2.37. The van der Waals surface area contributed by atoms with Crippen LogP contribution in [0.15, 0.2) is 64.2 Å². The summed E-state index contributed by atoms with van der Waals surface area (Å²) in [5, 5.41) is 26.0. The molecule has 0 saturated heterocycles. The third kappa shape index (κ3) is 13.7. The molecule has 4 rings (SSSR count). The molecule has 0 fully saturated rings. The van der Waals surface area contributed by atoms with E-state index in [1.165, 1.54) is 45.7 Å². The Bertz CT molecular complexity index is 2180. The van der Waals surface area contributed by atoms with E-state index in [0.717, 1.165) is 5.56 Å². The fraction of sp³-hybridized carbons (Fsp3) is 0.316. The quantitative estimate of drug-likeness (QED) is 0.0738. The summed E-state index contributed by atoms with van der Waals surface area (Å²) < 4.78 is 22.3. The van der Waals surface area contributed by atoms with E-state index in [9.17, 15) is 29.7 Å². The lowest BCUT2D eigenvalue weighted by Gasteiger charge is -2.22.